The Hall–Kier alpha value is -0.860. The Bertz CT molecular complexity index is 454. The maximum Gasteiger partial charge on any atom is 0.0119 e. The van der Waals surface area contributed by atoms with Crippen molar-refractivity contribution < 1.29 is 0 Å². The Balaban J connectivity index is 1.71. The van der Waals surface area contributed by atoms with Crippen LogP contribution >= 0.6 is 0 Å². The van der Waals surface area contributed by atoms with E-state index in [2.05, 4.69) is 48.3 Å². The lowest BCUT2D eigenvalue weighted by Crippen LogP contribution is -2.50. The quantitative estimate of drug-likeness (QED) is 0.915. The maximum atomic E-state index is 3.49. The molecule has 0 spiro atoms. The third-order valence-electron chi connectivity index (χ3n) is 5.97. The van der Waals surface area contributed by atoms with E-state index in [1.54, 1.807) is 5.56 Å². The molecule has 116 valence electrons. The van der Waals surface area contributed by atoms with Crippen LogP contribution in [0.1, 0.15) is 50.2 Å². The summed E-state index contributed by atoms with van der Waals surface area (Å²) in [7, 11) is 0. The molecule has 2 heterocycles. The second-order valence-electron chi connectivity index (χ2n) is 6.97. The second-order valence-corrected chi connectivity index (χ2v) is 6.97. The molecule has 0 saturated carbocycles. The highest BCUT2D eigenvalue weighted by Gasteiger charge is 2.37. The zero-order valence-electron chi connectivity index (χ0n) is 13.7. The molecule has 21 heavy (non-hydrogen) atoms. The van der Waals surface area contributed by atoms with Crippen molar-refractivity contribution in [1.29, 1.82) is 0 Å². The molecular weight excluding hydrogens is 256 g/mol. The Morgan fingerprint density at radius 2 is 1.81 bits per heavy atom. The highest BCUT2D eigenvalue weighted by molar-refractivity contribution is 5.34. The van der Waals surface area contributed by atoms with Crippen molar-refractivity contribution in [3.8, 4) is 0 Å². The van der Waals surface area contributed by atoms with Crippen LogP contribution < -0.4 is 5.32 Å². The summed E-state index contributed by atoms with van der Waals surface area (Å²) in [6, 6.07) is 9.88. The average molecular weight is 286 g/mol. The van der Waals surface area contributed by atoms with Gasteiger partial charge in [-0.05, 0) is 81.7 Å². The minimum atomic E-state index is 0.425. The number of nitrogens with one attached hydrogen (secondary N) is 1. The van der Waals surface area contributed by atoms with E-state index in [9.17, 15) is 0 Å². The van der Waals surface area contributed by atoms with Crippen LogP contribution in [0.4, 0.5) is 0 Å². The van der Waals surface area contributed by atoms with Crippen LogP contribution in [0, 0.1) is 6.92 Å². The molecule has 2 aliphatic rings. The molecule has 2 saturated heterocycles. The monoisotopic (exact) mass is 286 g/mol. The lowest BCUT2D eigenvalue weighted by Gasteiger charge is -2.46. The number of hydrogen-bond donors (Lipinski definition) is 1. The van der Waals surface area contributed by atoms with E-state index in [0.717, 1.165) is 6.04 Å². The summed E-state index contributed by atoms with van der Waals surface area (Å²) in [5.41, 5.74) is 3.52. The molecule has 0 aliphatic carbocycles. The van der Waals surface area contributed by atoms with Gasteiger partial charge in [0.1, 0.15) is 0 Å². The van der Waals surface area contributed by atoms with Gasteiger partial charge in [-0.1, -0.05) is 31.2 Å². The lowest BCUT2D eigenvalue weighted by atomic mass is 9.69. The molecule has 0 aromatic heterocycles. The topological polar surface area (TPSA) is 15.3 Å². The Kier molecular flexibility index (Phi) is 4.66. The van der Waals surface area contributed by atoms with Crippen molar-refractivity contribution in [2.45, 2.75) is 57.4 Å². The summed E-state index contributed by atoms with van der Waals surface area (Å²) in [6.07, 6.45) is 6.61. The highest BCUT2D eigenvalue weighted by Crippen LogP contribution is 2.40. The van der Waals surface area contributed by atoms with Crippen LogP contribution in [0.5, 0.6) is 0 Å². The molecular formula is C19H30N2. The van der Waals surface area contributed by atoms with Crippen molar-refractivity contribution >= 4 is 0 Å². The van der Waals surface area contributed by atoms with Crippen molar-refractivity contribution in [2.75, 3.05) is 26.2 Å². The largest absolute Gasteiger partial charge is 0.317 e. The van der Waals surface area contributed by atoms with Crippen LogP contribution in [0.15, 0.2) is 24.3 Å². The summed E-state index contributed by atoms with van der Waals surface area (Å²) in [4.78, 5) is 2.77. The number of benzene rings is 1. The van der Waals surface area contributed by atoms with Gasteiger partial charge in [-0.3, -0.25) is 0 Å². The van der Waals surface area contributed by atoms with Crippen molar-refractivity contribution in [2.24, 2.45) is 0 Å². The minimum absolute atomic E-state index is 0.425. The van der Waals surface area contributed by atoms with Gasteiger partial charge in [-0.2, -0.15) is 0 Å². The van der Waals surface area contributed by atoms with E-state index < -0.39 is 0 Å². The summed E-state index contributed by atoms with van der Waals surface area (Å²) in [6.45, 7) is 9.65. The second kappa shape index (κ2) is 6.50. The maximum absolute atomic E-state index is 3.49. The minimum Gasteiger partial charge on any atom is -0.317 e. The first-order chi connectivity index (χ1) is 10.2. The normalized spacial score (nSPS) is 24.1. The summed E-state index contributed by atoms with van der Waals surface area (Å²) < 4.78 is 0. The number of rotatable bonds is 3. The molecule has 2 fully saturated rings. The molecule has 1 N–H and O–H groups in total. The molecule has 2 nitrogen and oxygen atoms in total. The highest BCUT2D eigenvalue weighted by atomic mass is 15.2. The molecule has 0 amide bonds. The van der Waals surface area contributed by atoms with Crippen molar-refractivity contribution in [3.63, 3.8) is 0 Å². The first-order valence-corrected chi connectivity index (χ1v) is 8.76. The third kappa shape index (κ3) is 3.02. The van der Waals surface area contributed by atoms with E-state index in [4.69, 9.17) is 0 Å². The van der Waals surface area contributed by atoms with Gasteiger partial charge in [0.25, 0.3) is 0 Å². The molecule has 2 aliphatic heterocycles. The van der Waals surface area contributed by atoms with Gasteiger partial charge in [0.15, 0.2) is 0 Å². The van der Waals surface area contributed by atoms with Gasteiger partial charge < -0.3 is 10.2 Å². The number of hydrogen-bond acceptors (Lipinski definition) is 2. The number of piperidine rings is 2. The first kappa shape index (κ1) is 15.1. The molecule has 2 heteroatoms. The number of nitrogens with zero attached hydrogens (tertiary/aromatic N) is 1. The van der Waals surface area contributed by atoms with E-state index in [1.807, 2.05) is 0 Å². The van der Waals surface area contributed by atoms with E-state index >= 15 is 0 Å². The van der Waals surface area contributed by atoms with Crippen LogP contribution in [-0.4, -0.2) is 37.1 Å². The SMILES string of the molecule is CCC1(c2ccccc2C)CCN(C2CCNCC2)CC1. The number of aryl methyl sites for hydroxylation is 1. The van der Waals surface area contributed by atoms with Crippen molar-refractivity contribution in [1.82, 2.24) is 10.2 Å². The fraction of sp³-hybridized carbons (Fsp3) is 0.684. The summed E-state index contributed by atoms with van der Waals surface area (Å²) in [5, 5.41) is 3.49. The van der Waals surface area contributed by atoms with Gasteiger partial charge in [-0.15, -0.1) is 0 Å². The third-order valence-corrected chi connectivity index (χ3v) is 5.97. The predicted molar refractivity (Wildman–Crippen MR) is 89.8 cm³/mol. The molecule has 0 radical (unpaired) electrons. The van der Waals surface area contributed by atoms with E-state index in [0.29, 0.717) is 5.41 Å². The van der Waals surface area contributed by atoms with Gasteiger partial charge in [0, 0.05) is 6.04 Å². The molecule has 0 bridgehead atoms. The zero-order chi connectivity index (χ0) is 14.7. The molecule has 0 unspecified atom stereocenters. The van der Waals surface area contributed by atoms with Gasteiger partial charge in [-0.25, -0.2) is 0 Å². The van der Waals surface area contributed by atoms with Gasteiger partial charge >= 0.3 is 0 Å². The van der Waals surface area contributed by atoms with Crippen LogP contribution in [0.2, 0.25) is 0 Å². The summed E-state index contributed by atoms with van der Waals surface area (Å²) in [5.74, 6) is 0. The Morgan fingerprint density at radius 3 is 2.43 bits per heavy atom. The molecule has 3 rings (SSSR count). The molecule has 0 atom stereocenters. The van der Waals surface area contributed by atoms with Crippen LogP contribution in [-0.2, 0) is 5.41 Å². The Labute approximate surface area is 129 Å². The van der Waals surface area contributed by atoms with Gasteiger partial charge in [0.2, 0.25) is 0 Å². The van der Waals surface area contributed by atoms with Crippen LogP contribution in [0.3, 0.4) is 0 Å². The van der Waals surface area contributed by atoms with Crippen molar-refractivity contribution in [3.05, 3.63) is 35.4 Å². The molecule has 1 aromatic rings. The fourth-order valence-electron chi connectivity index (χ4n) is 4.47. The van der Waals surface area contributed by atoms with E-state index in [1.165, 1.54) is 63.8 Å². The predicted octanol–water partition coefficient (Wildman–Crippen LogP) is 3.49. The van der Waals surface area contributed by atoms with Crippen LogP contribution in [0.25, 0.3) is 0 Å². The molecule has 1 aromatic carbocycles. The Morgan fingerprint density at radius 1 is 1.14 bits per heavy atom. The number of likely N-dealkylation sites (tertiary alicyclic amines) is 1. The lowest BCUT2D eigenvalue weighted by molar-refractivity contribution is 0.0940. The standard InChI is InChI=1S/C19H30N2/c1-3-19(18-7-5-4-6-16(18)2)10-14-21(15-11-19)17-8-12-20-13-9-17/h4-7,17,20H,3,8-15H2,1-2H3. The van der Waals surface area contributed by atoms with E-state index in [-0.39, 0.29) is 0 Å². The zero-order valence-corrected chi connectivity index (χ0v) is 13.7. The van der Waals surface area contributed by atoms with Gasteiger partial charge in [0.05, 0.1) is 0 Å². The summed E-state index contributed by atoms with van der Waals surface area (Å²) >= 11 is 0. The smallest absolute Gasteiger partial charge is 0.0119 e. The average Bonchev–Trinajstić information content (AvgIpc) is 2.56. The fourth-order valence-corrected chi connectivity index (χ4v) is 4.47. The first-order valence-electron chi connectivity index (χ1n) is 8.76.